The highest BCUT2D eigenvalue weighted by molar-refractivity contribution is 5.26. The van der Waals surface area contributed by atoms with E-state index >= 15 is 0 Å². The molecule has 0 spiro atoms. The molecule has 0 aromatic rings. The molecule has 0 aromatic carbocycles. The van der Waals surface area contributed by atoms with Crippen LogP contribution in [0.2, 0.25) is 0 Å². The Kier molecular flexibility index (Phi) is 4.97. The van der Waals surface area contributed by atoms with Crippen molar-refractivity contribution < 1.29 is 5.11 Å². The molecule has 1 N–H and O–H groups in total. The Hall–Kier alpha value is -1.40. The van der Waals surface area contributed by atoms with Crippen molar-refractivity contribution in [3.8, 4) is 11.8 Å². The summed E-state index contributed by atoms with van der Waals surface area (Å²) in [6, 6.07) is -0.127. The molecule has 2 unspecified atom stereocenters. The summed E-state index contributed by atoms with van der Waals surface area (Å²) in [6.07, 6.45) is 14.3. The Balaban J connectivity index is 1.94. The molecule has 130 valence electrons. The zero-order valence-corrected chi connectivity index (χ0v) is 14.9. The summed E-state index contributed by atoms with van der Waals surface area (Å²) in [4.78, 5) is 11.0. The van der Waals surface area contributed by atoms with Crippen LogP contribution in [-0.4, -0.2) is 16.7 Å². The maximum absolute atomic E-state index is 11.0. The lowest BCUT2D eigenvalue weighted by molar-refractivity contribution is -0.0710. The van der Waals surface area contributed by atoms with E-state index in [0.29, 0.717) is 11.8 Å². The predicted molar refractivity (Wildman–Crippen MR) is 97.2 cm³/mol. The van der Waals surface area contributed by atoms with E-state index in [9.17, 15) is 10.0 Å². The monoisotopic (exact) mass is 327 g/mol. The third kappa shape index (κ3) is 2.97. The van der Waals surface area contributed by atoms with Gasteiger partial charge in [0.15, 0.2) is 0 Å². The number of hydrogen-bond donors (Lipinski definition) is 1. The summed E-state index contributed by atoms with van der Waals surface area (Å²) in [7, 11) is 0. The molecule has 3 aliphatic carbocycles. The third-order valence-corrected chi connectivity index (χ3v) is 6.71. The van der Waals surface area contributed by atoms with Crippen LogP contribution in [0.3, 0.4) is 0 Å². The molecule has 2 saturated carbocycles. The van der Waals surface area contributed by atoms with Gasteiger partial charge in [0.25, 0.3) is 0 Å². The van der Waals surface area contributed by atoms with Gasteiger partial charge in [0.2, 0.25) is 0 Å². The van der Waals surface area contributed by atoms with Crippen LogP contribution >= 0.6 is 0 Å². The van der Waals surface area contributed by atoms with Gasteiger partial charge in [-0.1, -0.05) is 34.9 Å². The largest absolute Gasteiger partial charge is 0.378 e. The lowest BCUT2D eigenvalue weighted by atomic mass is 9.48. The summed E-state index contributed by atoms with van der Waals surface area (Å²) >= 11 is 0. The minimum absolute atomic E-state index is 0.127. The van der Waals surface area contributed by atoms with Gasteiger partial charge in [0.1, 0.15) is 11.6 Å². The fourth-order valence-electron chi connectivity index (χ4n) is 5.61. The van der Waals surface area contributed by atoms with Gasteiger partial charge in [0.05, 0.1) is 0 Å². The Morgan fingerprint density at radius 1 is 1.38 bits per heavy atom. The van der Waals surface area contributed by atoms with Crippen LogP contribution < -0.4 is 0 Å². The van der Waals surface area contributed by atoms with Crippen LogP contribution in [0.5, 0.6) is 0 Å². The van der Waals surface area contributed by atoms with Gasteiger partial charge in [-0.2, -0.15) is 4.91 Å². The summed E-state index contributed by atoms with van der Waals surface area (Å²) in [5.41, 5.74) is 0.881. The Bertz CT molecular complexity index is 611. The molecule has 3 rings (SSSR count). The minimum atomic E-state index is -0.804. The van der Waals surface area contributed by atoms with Gasteiger partial charge in [-0.15, -0.1) is 5.92 Å². The summed E-state index contributed by atoms with van der Waals surface area (Å²) < 4.78 is 0. The molecule has 3 aliphatic rings. The molecule has 0 aliphatic heterocycles. The van der Waals surface area contributed by atoms with Crippen LogP contribution in [0.25, 0.3) is 0 Å². The van der Waals surface area contributed by atoms with Gasteiger partial charge in [-0.05, 0) is 82.5 Å². The molecule has 0 heterocycles. The number of nitrogens with zero attached hydrogens (tertiary/aromatic N) is 1. The molecule has 0 amide bonds. The van der Waals surface area contributed by atoms with Crippen molar-refractivity contribution in [2.75, 3.05) is 0 Å². The number of hydrogen-bond acceptors (Lipinski definition) is 3. The smallest absolute Gasteiger partial charge is 0.125 e. The van der Waals surface area contributed by atoms with Crippen molar-refractivity contribution in [3.63, 3.8) is 0 Å². The summed E-state index contributed by atoms with van der Waals surface area (Å²) in [5, 5.41) is 14.1. The number of rotatable bonds is 3. The molecule has 5 atom stereocenters. The van der Waals surface area contributed by atoms with E-state index in [1.807, 2.05) is 6.92 Å². The second-order valence-electron chi connectivity index (χ2n) is 7.90. The number of allylic oxidation sites excluding steroid dienone is 3. The lowest BCUT2D eigenvalue weighted by Gasteiger charge is -2.57. The van der Waals surface area contributed by atoms with E-state index in [-0.39, 0.29) is 11.5 Å². The van der Waals surface area contributed by atoms with Crippen molar-refractivity contribution in [2.24, 2.45) is 22.4 Å². The summed E-state index contributed by atoms with van der Waals surface area (Å²) in [5.74, 6) is 7.05. The van der Waals surface area contributed by atoms with Crippen molar-refractivity contribution in [1.29, 1.82) is 0 Å². The molecular weight excluding hydrogens is 298 g/mol. The average molecular weight is 327 g/mol. The number of aliphatic hydroxyl groups is 1. The highest BCUT2D eigenvalue weighted by atomic mass is 16.3. The van der Waals surface area contributed by atoms with E-state index in [0.717, 1.165) is 51.4 Å². The molecule has 3 nitrogen and oxygen atoms in total. The maximum Gasteiger partial charge on any atom is 0.125 e. The van der Waals surface area contributed by atoms with Crippen LogP contribution in [0.4, 0.5) is 0 Å². The highest BCUT2D eigenvalue weighted by Crippen LogP contribution is 2.61. The van der Waals surface area contributed by atoms with Gasteiger partial charge in [0, 0.05) is 0 Å². The zero-order valence-electron chi connectivity index (χ0n) is 14.9. The Labute approximate surface area is 145 Å². The standard InChI is InChI=1S/C21H29NO2/c1-3-5-11-21-13-12-20(23,10-4-2)15-17(21)7-6-16-14-18(22-24)8-9-19(16)21/h3,5,14,17-19,23H,6-9,11-13,15H2,1-2H3/t17-,18?,19?,20-,21-/m1/s1. The van der Waals surface area contributed by atoms with Crippen molar-refractivity contribution >= 4 is 0 Å². The molecule has 24 heavy (non-hydrogen) atoms. The SMILES string of the molecule is CC#C[C@@]1(O)CC[C@@]2(CC=CC)C3CCC(N=O)C=C3CC[C@@H]2C1. The number of nitroso groups, excluding NO2 is 1. The molecule has 0 aromatic heterocycles. The molecular formula is C21H29NO2. The fraction of sp³-hybridized carbons (Fsp3) is 0.714. The maximum atomic E-state index is 11.0. The van der Waals surface area contributed by atoms with Crippen molar-refractivity contribution in [1.82, 2.24) is 0 Å². The normalized spacial score (nSPS) is 41.6. The first-order chi connectivity index (χ1) is 11.6. The van der Waals surface area contributed by atoms with Crippen LogP contribution in [-0.2, 0) is 0 Å². The first-order valence-electron chi connectivity index (χ1n) is 9.37. The molecule has 0 radical (unpaired) electrons. The minimum Gasteiger partial charge on any atom is -0.378 e. The van der Waals surface area contributed by atoms with E-state index in [2.05, 4.69) is 42.2 Å². The van der Waals surface area contributed by atoms with Gasteiger partial charge >= 0.3 is 0 Å². The molecule has 0 saturated heterocycles. The zero-order chi connectivity index (χ0) is 17.2. The van der Waals surface area contributed by atoms with Gasteiger partial charge < -0.3 is 5.11 Å². The quantitative estimate of drug-likeness (QED) is 0.461. The lowest BCUT2D eigenvalue weighted by Crippen LogP contribution is -2.51. The van der Waals surface area contributed by atoms with Crippen LogP contribution in [0.1, 0.15) is 65.2 Å². The van der Waals surface area contributed by atoms with E-state index < -0.39 is 5.60 Å². The second kappa shape index (κ2) is 6.84. The van der Waals surface area contributed by atoms with Crippen LogP contribution in [0, 0.1) is 34.0 Å². The Morgan fingerprint density at radius 2 is 2.21 bits per heavy atom. The number of fused-ring (bicyclic) bond motifs is 3. The van der Waals surface area contributed by atoms with Gasteiger partial charge in [-0.3, -0.25) is 0 Å². The molecule has 0 bridgehead atoms. The summed E-state index contributed by atoms with van der Waals surface area (Å²) in [6.45, 7) is 3.90. The molecule has 3 heteroatoms. The van der Waals surface area contributed by atoms with E-state index in [4.69, 9.17) is 0 Å². The molecule has 2 fully saturated rings. The van der Waals surface area contributed by atoms with Crippen molar-refractivity contribution in [3.05, 3.63) is 28.7 Å². The first-order valence-corrected chi connectivity index (χ1v) is 9.37. The topological polar surface area (TPSA) is 49.7 Å². The van der Waals surface area contributed by atoms with E-state index in [1.54, 1.807) is 0 Å². The average Bonchev–Trinajstić information content (AvgIpc) is 2.59. The third-order valence-electron chi connectivity index (χ3n) is 6.71. The highest BCUT2D eigenvalue weighted by Gasteiger charge is 2.54. The van der Waals surface area contributed by atoms with Crippen LogP contribution in [0.15, 0.2) is 29.0 Å². The van der Waals surface area contributed by atoms with Gasteiger partial charge in [-0.25, -0.2) is 0 Å². The Morgan fingerprint density at radius 3 is 2.92 bits per heavy atom. The fourth-order valence-corrected chi connectivity index (χ4v) is 5.61. The second-order valence-corrected chi connectivity index (χ2v) is 7.90. The predicted octanol–water partition coefficient (Wildman–Crippen LogP) is 4.76. The van der Waals surface area contributed by atoms with Crippen molar-refractivity contribution in [2.45, 2.75) is 76.9 Å². The first kappa shape index (κ1) is 17.4. The van der Waals surface area contributed by atoms with E-state index in [1.165, 1.54) is 5.57 Å².